The molecule has 135 heavy (non-hydrogen) atoms. The molecule has 9 atom stereocenters. The number of nitrogens with zero attached hydrogens (tertiary/aromatic N) is 9. The highest BCUT2D eigenvalue weighted by Crippen LogP contribution is 2.23. The molecule has 42 heteroatoms. The lowest BCUT2D eigenvalue weighted by Gasteiger charge is -2.37. The van der Waals surface area contributed by atoms with Crippen molar-refractivity contribution in [1.29, 1.82) is 0 Å². The van der Waals surface area contributed by atoms with E-state index in [2.05, 4.69) is 65.3 Å². The summed E-state index contributed by atoms with van der Waals surface area (Å²) in [7, 11) is 17.9. The highest BCUT2D eigenvalue weighted by molar-refractivity contribution is 5.97. The van der Waals surface area contributed by atoms with Crippen molar-refractivity contribution in [3.8, 4) is 17.2 Å². The zero-order chi connectivity index (χ0) is 101. The molecule has 0 bridgehead atoms. The molecule has 9 unspecified atom stereocenters. The van der Waals surface area contributed by atoms with Crippen LogP contribution in [-0.4, -0.2) is 292 Å². The number of rotatable bonds is 42. The average molecular weight is 1900 g/mol. The number of carbonyl (C=O) groups is 12. The van der Waals surface area contributed by atoms with Gasteiger partial charge in [0.1, 0.15) is 71.6 Å². The van der Waals surface area contributed by atoms with Gasteiger partial charge in [0.2, 0.25) is 70.9 Å². The first-order valence-corrected chi connectivity index (χ1v) is 42.1. The predicted octanol–water partition coefficient (Wildman–Crippen LogP) is -1.02. The van der Waals surface area contributed by atoms with Gasteiger partial charge in [-0.15, -0.1) is 0 Å². The lowest BCUT2D eigenvalue weighted by molar-refractivity contribution is -0.151. The van der Waals surface area contributed by atoms with E-state index in [9.17, 15) is 72.9 Å². The highest BCUT2D eigenvalue weighted by Gasteiger charge is 2.39. The number of carbonyl (C=O) groups excluding carboxylic acids is 12. The zero-order valence-electron chi connectivity index (χ0n) is 78.8. The summed E-state index contributed by atoms with van der Waals surface area (Å²) >= 11 is 0. The Labute approximate surface area is 797 Å². The van der Waals surface area contributed by atoms with Crippen molar-refractivity contribution in [3.05, 3.63) is 197 Å². The molecular formula is C93H159N27O15. The molecule has 12 amide bonds. The van der Waals surface area contributed by atoms with Crippen LogP contribution < -0.4 is 102 Å². The second-order valence-electron chi connectivity index (χ2n) is 28.7. The van der Waals surface area contributed by atoms with Gasteiger partial charge < -0.3 is 147 Å². The van der Waals surface area contributed by atoms with Crippen LogP contribution in [0.4, 0.5) is 0 Å². The molecule has 42 nitrogen and oxygen atoms in total. The Hall–Kier alpha value is -14.1. The number of amides is 12. The summed E-state index contributed by atoms with van der Waals surface area (Å²) in [5, 5.41) is 37.0. The topological polar surface area (TPSA) is 748 Å². The van der Waals surface area contributed by atoms with Crippen molar-refractivity contribution in [2.75, 3.05) is 104 Å². The van der Waals surface area contributed by atoms with Crippen LogP contribution in [0.3, 0.4) is 0 Å². The number of hydrogen-bond donors (Lipinski definition) is 21. The Balaban J connectivity index is -0.000000432. The van der Waals surface area contributed by atoms with Crippen molar-refractivity contribution in [2.45, 2.75) is 174 Å². The average Bonchev–Trinajstić information content (AvgIpc) is 0.801. The van der Waals surface area contributed by atoms with Crippen molar-refractivity contribution in [2.24, 2.45) is 101 Å². The molecule has 36 N–H and O–H groups in total. The van der Waals surface area contributed by atoms with Crippen LogP contribution in [-0.2, 0) is 96.1 Å². The van der Waals surface area contributed by atoms with Crippen molar-refractivity contribution >= 4 is 88.8 Å². The molecule has 0 saturated carbocycles. The first kappa shape index (κ1) is 132. The minimum Gasteiger partial charge on any atom is -0.508 e. The van der Waals surface area contributed by atoms with Crippen LogP contribution in [0, 0.1) is 0 Å². The van der Waals surface area contributed by atoms with Gasteiger partial charge in [0.05, 0.1) is 0 Å². The normalized spacial score (nSPS) is 11.7. The predicted molar refractivity (Wildman–Crippen MR) is 536 cm³/mol. The summed E-state index contributed by atoms with van der Waals surface area (Å²) in [6.07, 6.45) is 2.59. The maximum absolute atomic E-state index is 13.9. The number of aliphatic imine (C=N–C) groups is 3. The largest absolute Gasteiger partial charge is 0.508 e. The number of aromatic hydroxyl groups is 3. The Bertz CT molecular complexity index is 4460. The first-order chi connectivity index (χ1) is 62.7. The van der Waals surface area contributed by atoms with E-state index < -0.39 is 108 Å². The van der Waals surface area contributed by atoms with E-state index >= 15 is 0 Å². The van der Waals surface area contributed by atoms with Gasteiger partial charge in [-0.3, -0.25) is 72.5 Å². The Morgan fingerprint density at radius 3 is 0.807 bits per heavy atom. The molecule has 0 spiro atoms. The maximum atomic E-state index is 13.9. The van der Waals surface area contributed by atoms with Crippen LogP contribution >= 0.6 is 0 Å². The molecule has 0 aliphatic heterocycles. The van der Waals surface area contributed by atoms with Gasteiger partial charge in [0.25, 0.3) is 0 Å². The number of nitrogens with two attached hydrogens (primary N) is 15. The maximum Gasteiger partial charge on any atom is 0.246 e. The third-order valence-corrected chi connectivity index (χ3v) is 19.8. The fraction of sp³-hybridized carbons (Fsp3) is 0.452. The summed E-state index contributed by atoms with van der Waals surface area (Å²) in [5.41, 5.74) is 80.9. The molecule has 0 aliphatic rings. The van der Waals surface area contributed by atoms with E-state index in [1.807, 2.05) is 91.0 Å². The summed E-state index contributed by atoms with van der Waals surface area (Å²) < 4.78 is 0. The van der Waals surface area contributed by atoms with E-state index in [1.54, 1.807) is 36.4 Å². The fourth-order valence-electron chi connectivity index (χ4n) is 12.5. The van der Waals surface area contributed by atoms with E-state index in [4.69, 9.17) is 51.6 Å². The zero-order valence-corrected chi connectivity index (χ0v) is 78.8. The van der Waals surface area contributed by atoms with Gasteiger partial charge in [-0.25, -0.2) is 0 Å². The number of likely N-dealkylation sites (N-methyl/N-ethyl adjacent to an activating group) is 6. The van der Waals surface area contributed by atoms with E-state index in [-0.39, 0.29) is 153 Å². The van der Waals surface area contributed by atoms with Gasteiger partial charge in [-0.1, -0.05) is 150 Å². The van der Waals surface area contributed by atoms with Gasteiger partial charge in [0.15, 0.2) is 17.9 Å². The van der Waals surface area contributed by atoms with Crippen LogP contribution in [0.5, 0.6) is 17.2 Å². The number of benzene rings is 6. The lowest BCUT2D eigenvalue weighted by Crippen LogP contribution is -2.58. The molecule has 0 fully saturated rings. The minimum atomic E-state index is -1.06. The van der Waals surface area contributed by atoms with E-state index in [1.165, 1.54) is 171 Å². The number of guanidine groups is 3. The summed E-state index contributed by atoms with van der Waals surface area (Å²) in [6, 6.07) is 37.3. The fourth-order valence-corrected chi connectivity index (χ4v) is 12.5. The van der Waals surface area contributed by atoms with Crippen molar-refractivity contribution < 1.29 is 72.9 Å². The molecular weight excluding hydrogens is 1740 g/mol. The highest BCUT2D eigenvalue weighted by atomic mass is 16.3. The lowest BCUT2D eigenvalue weighted by atomic mass is 10.00. The Kier molecular flexibility index (Phi) is 72.6. The number of hydrogen-bond acceptors (Lipinski definition) is 24. The summed E-state index contributed by atoms with van der Waals surface area (Å²) in [4.78, 5) is 175. The number of phenols is 3. The Morgan fingerprint density at radius 1 is 0.274 bits per heavy atom. The van der Waals surface area contributed by atoms with Gasteiger partial charge >= 0.3 is 0 Å². The number of phenolic OH excluding ortho intramolecular Hbond substituents is 3. The van der Waals surface area contributed by atoms with E-state index in [0.29, 0.717) is 36.0 Å². The van der Waals surface area contributed by atoms with Crippen LogP contribution in [0.2, 0.25) is 0 Å². The quantitative estimate of drug-likeness (QED) is 0.0124. The molecule has 0 heterocycles. The minimum absolute atomic E-state index is 0. The van der Waals surface area contributed by atoms with Gasteiger partial charge in [-0.2, -0.15) is 0 Å². The smallest absolute Gasteiger partial charge is 0.246 e. The van der Waals surface area contributed by atoms with Crippen LogP contribution in [0.25, 0.3) is 0 Å². The van der Waals surface area contributed by atoms with Crippen LogP contribution in [0.15, 0.2) is 179 Å². The summed E-state index contributed by atoms with van der Waals surface area (Å²) in [6.45, 7) is 4.69. The van der Waals surface area contributed by atoms with Gasteiger partial charge in [-0.05, 0) is 151 Å². The molecule has 0 saturated heterocycles. The second kappa shape index (κ2) is 74.5. The van der Waals surface area contributed by atoms with Crippen molar-refractivity contribution in [3.63, 3.8) is 0 Å². The molecule has 6 rings (SSSR count). The molecule has 6 aromatic rings. The third kappa shape index (κ3) is 51.0. The Morgan fingerprint density at radius 2 is 0.511 bits per heavy atom. The number of primary amides is 3. The monoisotopic (exact) mass is 1890 g/mol. The van der Waals surface area contributed by atoms with Gasteiger partial charge in [0, 0.05) is 121 Å². The number of nitrogens with one attached hydrogen (secondary N) is 3. The van der Waals surface area contributed by atoms with E-state index in [0.717, 1.165) is 16.7 Å². The standard InChI is InChI=1S/C29H41N7O5.C28H39N7O5.C27H37N7O5.6CH5N.3CH4/c1-19(37)34(2)25(18-21-12-14-22(38)15-13-21)28(41)35(3)23(11-8-16-33-29(31)32)27(40)36(4)24(26(30)39)17-20-9-6-5-7-10-20;1-18(36)34(2)24(17-20-11-13-21(37)14-12-20)26(39)33-22(10-7-15-32-28(30)31)27(40)35(3)23(25(29)38)16-19-8-5-4-6-9-19;1-17(35)34(2)23(16-19-10-12-20(36)13-11-19)26(39)32-21(9-6-14-31-27(29)30)25(38)33-22(24(28)37)15-18-7-4-3-5-8-18;6*1-2;;;/h5-7,9-10,12-15,23-25,38H,8,11,16-18H2,1-4H3,(H2,30,39)(H4,31,32,33);4-6,8-9,11-14,22-24,37H,7,10,15-17H2,1-3H3,(H2,29,38)(H,33,39)(H4,30,31,32);3-5,7-8,10-13,21-23,36H,6,9,14-16H2,1-2H3,(H2,28,37)(H,32,39)(H,33,38)(H4,29,30,31);6*2H2,1H3;3*1H4. The summed E-state index contributed by atoms with van der Waals surface area (Å²) in [5.74, 6) is -6.42. The first-order valence-electron chi connectivity index (χ1n) is 42.1. The molecule has 756 valence electrons. The van der Waals surface area contributed by atoms with Crippen LogP contribution in [0.1, 0.15) is 115 Å². The van der Waals surface area contributed by atoms with Crippen molar-refractivity contribution in [1.82, 2.24) is 45.3 Å². The molecule has 0 aromatic heterocycles. The SMILES string of the molecule is C.C.C.CC(=O)N(C)C(Cc1ccc(O)cc1)C(=O)N(C)C(CCCN=C(N)N)C(=O)N(C)C(Cc1ccccc1)C(N)=O.CC(=O)N(C)C(Cc1ccc(O)cc1)C(=O)NC(CCCN=C(N)N)C(=O)N(C)C(Cc1ccccc1)C(N)=O.CC(=O)N(C)C(Cc1ccc(O)cc1)C(=O)NC(CCCN=C(N)N)C(=O)NC(Cc1ccccc1)C(N)=O.CN.CN.CN.CN.CN.CN. The molecule has 0 radical (unpaired) electrons. The molecule has 6 aromatic carbocycles. The molecule has 0 aliphatic carbocycles. The third-order valence-electron chi connectivity index (χ3n) is 19.8. The second-order valence-corrected chi connectivity index (χ2v) is 28.7.